The molecule has 104 valence electrons. The zero-order chi connectivity index (χ0) is 14.7. The Balaban J connectivity index is 2.37. The fourth-order valence-electron chi connectivity index (χ4n) is 1.76. The van der Waals surface area contributed by atoms with Crippen molar-refractivity contribution < 1.29 is 14.8 Å². The first-order valence-corrected chi connectivity index (χ1v) is 6.66. The molecule has 6 heteroatoms. The third kappa shape index (κ3) is 3.34. The molecule has 5 nitrogen and oxygen atoms in total. The Morgan fingerprint density at radius 1 is 1.30 bits per heavy atom. The lowest BCUT2D eigenvalue weighted by Gasteiger charge is -2.13. The number of ether oxygens (including phenoxy) is 1. The molecule has 0 fully saturated rings. The predicted molar refractivity (Wildman–Crippen MR) is 77.9 cm³/mol. The third-order valence-corrected chi connectivity index (χ3v) is 3.12. The average Bonchev–Trinajstić information content (AvgIpc) is 2.38. The van der Waals surface area contributed by atoms with E-state index in [0.29, 0.717) is 21.5 Å². The molecule has 0 amide bonds. The Morgan fingerprint density at radius 2 is 2.00 bits per heavy atom. The monoisotopic (exact) mass is 337 g/mol. The molecule has 0 saturated heterocycles. The Labute approximate surface area is 124 Å². The van der Waals surface area contributed by atoms with E-state index in [1.807, 2.05) is 0 Å². The fourth-order valence-corrected chi connectivity index (χ4v) is 2.22. The highest BCUT2D eigenvalue weighted by molar-refractivity contribution is 9.10. The number of non-ortho nitro benzene ring substituents is 1. The van der Waals surface area contributed by atoms with E-state index in [-0.39, 0.29) is 5.69 Å². The van der Waals surface area contributed by atoms with Gasteiger partial charge in [0.1, 0.15) is 11.5 Å². The second-order valence-corrected chi connectivity index (χ2v) is 5.13. The van der Waals surface area contributed by atoms with E-state index in [9.17, 15) is 15.2 Å². The van der Waals surface area contributed by atoms with Crippen molar-refractivity contribution in [1.82, 2.24) is 0 Å². The van der Waals surface area contributed by atoms with Crippen LogP contribution in [-0.2, 0) is 0 Å². The quantitative estimate of drug-likeness (QED) is 0.670. The predicted octanol–water partition coefficient (Wildman–Crippen LogP) is 4.20. The maximum Gasteiger partial charge on any atom is 0.274 e. The molecule has 0 radical (unpaired) electrons. The van der Waals surface area contributed by atoms with Gasteiger partial charge in [0.25, 0.3) is 5.69 Å². The molecule has 0 aromatic heterocycles. The number of nitrogens with zero attached hydrogens (tertiary/aromatic N) is 1. The summed E-state index contributed by atoms with van der Waals surface area (Å²) in [6, 6.07) is 11.4. The minimum absolute atomic E-state index is 0.0658. The van der Waals surface area contributed by atoms with E-state index in [2.05, 4.69) is 15.9 Å². The number of halogens is 1. The van der Waals surface area contributed by atoms with Gasteiger partial charge >= 0.3 is 0 Å². The van der Waals surface area contributed by atoms with Crippen LogP contribution in [0.25, 0.3) is 0 Å². The van der Waals surface area contributed by atoms with Gasteiger partial charge in [0.05, 0.1) is 17.1 Å². The summed E-state index contributed by atoms with van der Waals surface area (Å²) in [5.74, 6) is 0.800. The van der Waals surface area contributed by atoms with Crippen LogP contribution in [0.2, 0.25) is 0 Å². The lowest BCUT2D eigenvalue weighted by molar-refractivity contribution is -0.385. The molecular formula is C14H12BrNO4. The molecule has 0 heterocycles. The number of hydrogen-bond acceptors (Lipinski definition) is 4. The van der Waals surface area contributed by atoms with Gasteiger partial charge in [-0.25, -0.2) is 0 Å². The summed E-state index contributed by atoms with van der Waals surface area (Å²) >= 11 is 3.21. The van der Waals surface area contributed by atoms with Crippen LogP contribution in [0.4, 0.5) is 5.69 Å². The highest BCUT2D eigenvalue weighted by Gasteiger charge is 2.13. The fraction of sp³-hybridized carbons (Fsp3) is 0.143. The first-order chi connectivity index (χ1) is 9.47. The summed E-state index contributed by atoms with van der Waals surface area (Å²) in [6.07, 6.45) is -0.687. The zero-order valence-electron chi connectivity index (χ0n) is 10.6. The first-order valence-electron chi connectivity index (χ1n) is 5.87. The summed E-state index contributed by atoms with van der Waals surface area (Å²) in [4.78, 5) is 10.3. The lowest BCUT2D eigenvalue weighted by atomic mass is 10.1. The van der Waals surface area contributed by atoms with Crippen molar-refractivity contribution in [3.8, 4) is 11.5 Å². The number of para-hydroxylation sites is 1. The van der Waals surface area contributed by atoms with E-state index in [1.54, 1.807) is 37.3 Å². The molecule has 20 heavy (non-hydrogen) atoms. The average molecular weight is 338 g/mol. The molecule has 2 rings (SSSR count). The largest absolute Gasteiger partial charge is 0.457 e. The van der Waals surface area contributed by atoms with E-state index in [0.717, 1.165) is 0 Å². The van der Waals surface area contributed by atoms with Gasteiger partial charge in [-0.05, 0) is 19.1 Å². The van der Waals surface area contributed by atoms with Crippen LogP contribution < -0.4 is 4.74 Å². The van der Waals surface area contributed by atoms with E-state index < -0.39 is 11.0 Å². The number of hydrogen-bond donors (Lipinski definition) is 1. The Morgan fingerprint density at radius 3 is 2.65 bits per heavy atom. The van der Waals surface area contributed by atoms with Gasteiger partial charge in [-0.1, -0.05) is 34.1 Å². The SMILES string of the molecule is C[C@@H](O)c1ccccc1Oc1cc(Br)cc([N+](=O)[O-])c1. The molecule has 2 aromatic rings. The Hall–Kier alpha value is -1.92. The standard InChI is InChI=1S/C14H12BrNO4/c1-9(17)13-4-2-3-5-14(13)20-12-7-10(15)6-11(8-12)16(18)19/h2-9,17H,1H3/t9-/m1/s1. The first kappa shape index (κ1) is 14.5. The molecule has 0 aliphatic rings. The van der Waals surface area contributed by atoms with Crippen molar-refractivity contribution in [2.45, 2.75) is 13.0 Å². The van der Waals surface area contributed by atoms with E-state index in [4.69, 9.17) is 4.74 Å². The maximum atomic E-state index is 10.8. The summed E-state index contributed by atoms with van der Waals surface area (Å²) in [5, 5.41) is 20.5. The minimum Gasteiger partial charge on any atom is -0.457 e. The van der Waals surface area contributed by atoms with Crippen LogP contribution in [0.3, 0.4) is 0 Å². The topological polar surface area (TPSA) is 72.6 Å². The van der Waals surface area contributed by atoms with Crippen LogP contribution >= 0.6 is 15.9 Å². The zero-order valence-corrected chi connectivity index (χ0v) is 12.2. The second-order valence-electron chi connectivity index (χ2n) is 4.22. The molecular weight excluding hydrogens is 326 g/mol. The highest BCUT2D eigenvalue weighted by Crippen LogP contribution is 2.33. The molecule has 1 N–H and O–H groups in total. The molecule has 0 aliphatic carbocycles. The lowest BCUT2D eigenvalue weighted by Crippen LogP contribution is -1.96. The maximum absolute atomic E-state index is 10.8. The summed E-state index contributed by atoms with van der Waals surface area (Å²) in [6.45, 7) is 1.63. The van der Waals surface area contributed by atoms with Crippen molar-refractivity contribution in [3.05, 3.63) is 62.6 Å². The van der Waals surface area contributed by atoms with Crippen LogP contribution in [0, 0.1) is 10.1 Å². The van der Waals surface area contributed by atoms with Crippen LogP contribution in [-0.4, -0.2) is 10.0 Å². The van der Waals surface area contributed by atoms with Crippen molar-refractivity contribution >= 4 is 21.6 Å². The summed E-state index contributed by atoms with van der Waals surface area (Å²) in [5.41, 5.74) is 0.555. The Kier molecular flexibility index (Phi) is 4.36. The van der Waals surface area contributed by atoms with E-state index >= 15 is 0 Å². The van der Waals surface area contributed by atoms with Gasteiger partial charge in [0, 0.05) is 16.1 Å². The van der Waals surface area contributed by atoms with Crippen LogP contribution in [0.15, 0.2) is 46.9 Å². The van der Waals surface area contributed by atoms with Crippen molar-refractivity contribution in [2.75, 3.05) is 0 Å². The van der Waals surface area contributed by atoms with Crippen molar-refractivity contribution in [1.29, 1.82) is 0 Å². The third-order valence-electron chi connectivity index (χ3n) is 2.66. The highest BCUT2D eigenvalue weighted by atomic mass is 79.9. The summed E-state index contributed by atoms with van der Waals surface area (Å²) in [7, 11) is 0. The Bertz CT molecular complexity index is 643. The van der Waals surface area contributed by atoms with Gasteiger partial charge in [-0.2, -0.15) is 0 Å². The second kappa shape index (κ2) is 6.02. The van der Waals surface area contributed by atoms with Gasteiger partial charge in [-0.15, -0.1) is 0 Å². The van der Waals surface area contributed by atoms with Crippen molar-refractivity contribution in [2.24, 2.45) is 0 Å². The molecule has 0 saturated carbocycles. The van der Waals surface area contributed by atoms with Gasteiger partial charge in [0.2, 0.25) is 0 Å². The molecule has 2 aromatic carbocycles. The van der Waals surface area contributed by atoms with Gasteiger partial charge in [0.15, 0.2) is 0 Å². The number of benzene rings is 2. The van der Waals surface area contributed by atoms with Gasteiger partial charge < -0.3 is 9.84 Å². The molecule has 0 bridgehead atoms. The number of nitro groups is 1. The normalized spacial score (nSPS) is 11.9. The molecule has 0 unspecified atom stereocenters. The summed E-state index contributed by atoms with van der Waals surface area (Å²) < 4.78 is 6.20. The number of rotatable bonds is 4. The van der Waals surface area contributed by atoms with Crippen molar-refractivity contribution in [3.63, 3.8) is 0 Å². The van der Waals surface area contributed by atoms with Crippen LogP contribution in [0.5, 0.6) is 11.5 Å². The van der Waals surface area contributed by atoms with E-state index in [1.165, 1.54) is 12.1 Å². The molecule has 0 spiro atoms. The number of aliphatic hydroxyl groups excluding tert-OH is 1. The van der Waals surface area contributed by atoms with Gasteiger partial charge in [-0.3, -0.25) is 10.1 Å². The molecule has 1 atom stereocenters. The van der Waals surface area contributed by atoms with Crippen LogP contribution in [0.1, 0.15) is 18.6 Å². The smallest absolute Gasteiger partial charge is 0.274 e. The molecule has 0 aliphatic heterocycles. The number of nitro benzene ring substituents is 1. The minimum atomic E-state index is -0.687. The number of aliphatic hydroxyl groups is 1.